The molecule has 1 aliphatic rings. The highest BCUT2D eigenvalue weighted by atomic mass is 35.5. The molecule has 0 unspecified atom stereocenters. The van der Waals surface area contributed by atoms with Crippen molar-refractivity contribution in [3.05, 3.63) is 45.1 Å². The van der Waals surface area contributed by atoms with Crippen LogP contribution in [0.1, 0.15) is 39.7 Å². The van der Waals surface area contributed by atoms with Gasteiger partial charge < -0.3 is 10.1 Å². The summed E-state index contributed by atoms with van der Waals surface area (Å²) in [5.74, 6) is -0.652. The summed E-state index contributed by atoms with van der Waals surface area (Å²) in [7, 11) is 0. The number of aromatic nitrogens is 1. The summed E-state index contributed by atoms with van der Waals surface area (Å²) in [5, 5.41) is 12.7. The third kappa shape index (κ3) is 3.87. The van der Waals surface area contributed by atoms with Crippen LogP contribution in [-0.2, 0) is 22.4 Å². The van der Waals surface area contributed by atoms with Crippen molar-refractivity contribution in [2.45, 2.75) is 26.2 Å². The standard InChI is InChI=1S/C18H16ClN3O3S/c1-10-4-5-11-13(8-20)17(26-14(11)7-10)22-15(23)9-25-18(24)12-3-2-6-21-16(12)19/h2-3,6,10H,4-5,7,9H2,1H3,(H,22,23)/t10-/m0/s1. The number of thiophene rings is 1. The fourth-order valence-corrected chi connectivity index (χ4v) is 4.44. The van der Waals surface area contributed by atoms with E-state index in [1.807, 2.05) is 0 Å². The van der Waals surface area contributed by atoms with Gasteiger partial charge in [0.05, 0.1) is 11.1 Å². The van der Waals surface area contributed by atoms with E-state index in [4.69, 9.17) is 16.3 Å². The Labute approximate surface area is 159 Å². The zero-order chi connectivity index (χ0) is 18.7. The number of carbonyl (C=O) groups excluding carboxylic acids is 2. The van der Waals surface area contributed by atoms with Crippen LogP contribution in [0.4, 0.5) is 5.00 Å². The number of anilines is 1. The maximum atomic E-state index is 12.1. The second-order valence-corrected chi connectivity index (χ2v) is 7.60. The van der Waals surface area contributed by atoms with E-state index in [-0.39, 0.29) is 10.7 Å². The molecule has 3 rings (SSSR count). The lowest BCUT2D eigenvalue weighted by Crippen LogP contribution is -2.21. The van der Waals surface area contributed by atoms with Gasteiger partial charge in [-0.25, -0.2) is 9.78 Å². The smallest absolute Gasteiger partial charge is 0.341 e. The van der Waals surface area contributed by atoms with Crippen LogP contribution in [0.3, 0.4) is 0 Å². The van der Waals surface area contributed by atoms with E-state index in [0.717, 1.165) is 29.7 Å². The van der Waals surface area contributed by atoms with Crippen LogP contribution >= 0.6 is 22.9 Å². The van der Waals surface area contributed by atoms with E-state index >= 15 is 0 Å². The Morgan fingerprint density at radius 3 is 3.08 bits per heavy atom. The van der Waals surface area contributed by atoms with Gasteiger partial charge in [-0.3, -0.25) is 4.79 Å². The Hall–Kier alpha value is -2.43. The van der Waals surface area contributed by atoms with Gasteiger partial charge >= 0.3 is 5.97 Å². The maximum Gasteiger partial charge on any atom is 0.341 e. The topological polar surface area (TPSA) is 92.1 Å². The zero-order valence-corrected chi connectivity index (χ0v) is 15.6. The Balaban J connectivity index is 1.65. The molecular weight excluding hydrogens is 374 g/mol. The van der Waals surface area contributed by atoms with Crippen molar-refractivity contribution in [1.29, 1.82) is 5.26 Å². The molecule has 1 atom stereocenters. The molecule has 1 amide bonds. The molecule has 134 valence electrons. The molecule has 0 aromatic carbocycles. The zero-order valence-electron chi connectivity index (χ0n) is 14.0. The number of nitrogens with zero attached hydrogens (tertiary/aromatic N) is 2. The molecule has 2 aromatic rings. The first-order chi connectivity index (χ1) is 12.5. The summed E-state index contributed by atoms with van der Waals surface area (Å²) in [6.07, 6.45) is 4.25. The number of hydrogen-bond acceptors (Lipinski definition) is 6. The van der Waals surface area contributed by atoms with E-state index < -0.39 is 18.5 Å². The number of halogens is 1. The van der Waals surface area contributed by atoms with Gasteiger partial charge in [0.1, 0.15) is 16.2 Å². The molecule has 8 heteroatoms. The molecule has 0 spiro atoms. The number of carbonyl (C=O) groups is 2. The van der Waals surface area contributed by atoms with Crippen molar-refractivity contribution in [3.8, 4) is 6.07 Å². The number of pyridine rings is 1. The summed E-state index contributed by atoms with van der Waals surface area (Å²) < 4.78 is 4.98. The summed E-state index contributed by atoms with van der Waals surface area (Å²) in [6, 6.07) is 5.21. The van der Waals surface area contributed by atoms with Crippen LogP contribution in [0.15, 0.2) is 18.3 Å². The summed E-state index contributed by atoms with van der Waals surface area (Å²) in [5.41, 5.74) is 1.65. The minimum Gasteiger partial charge on any atom is -0.452 e. The molecule has 0 bridgehead atoms. The van der Waals surface area contributed by atoms with Gasteiger partial charge in [0.15, 0.2) is 6.61 Å². The molecule has 2 heterocycles. The minimum atomic E-state index is -0.724. The molecule has 2 aromatic heterocycles. The summed E-state index contributed by atoms with van der Waals surface area (Å²) in [6.45, 7) is 1.71. The number of fused-ring (bicyclic) bond motifs is 1. The maximum absolute atomic E-state index is 12.1. The number of nitrogens with one attached hydrogen (secondary N) is 1. The fourth-order valence-electron chi connectivity index (χ4n) is 2.87. The van der Waals surface area contributed by atoms with Crippen molar-refractivity contribution < 1.29 is 14.3 Å². The average Bonchev–Trinajstić information content (AvgIpc) is 2.95. The molecule has 0 aliphatic heterocycles. The van der Waals surface area contributed by atoms with Crippen molar-refractivity contribution in [2.75, 3.05) is 11.9 Å². The van der Waals surface area contributed by atoms with Gasteiger partial charge in [-0.15, -0.1) is 11.3 Å². The Bertz CT molecular complexity index is 904. The predicted octanol–water partition coefficient (Wildman–Crippen LogP) is 3.59. The van der Waals surface area contributed by atoms with Crippen LogP contribution in [0.2, 0.25) is 5.15 Å². The monoisotopic (exact) mass is 389 g/mol. The first kappa shape index (κ1) is 18.4. The third-order valence-corrected chi connectivity index (χ3v) is 5.66. The highest BCUT2D eigenvalue weighted by Crippen LogP contribution is 2.39. The largest absolute Gasteiger partial charge is 0.452 e. The number of nitriles is 1. The first-order valence-corrected chi connectivity index (χ1v) is 9.31. The van der Waals surface area contributed by atoms with Crippen LogP contribution in [-0.4, -0.2) is 23.5 Å². The van der Waals surface area contributed by atoms with Crippen LogP contribution < -0.4 is 5.32 Å². The van der Waals surface area contributed by atoms with Crippen LogP contribution in [0.25, 0.3) is 0 Å². The second-order valence-electron chi connectivity index (χ2n) is 6.13. The van der Waals surface area contributed by atoms with Gasteiger partial charge in [-0.2, -0.15) is 5.26 Å². The quantitative estimate of drug-likeness (QED) is 0.637. The molecule has 26 heavy (non-hydrogen) atoms. The number of ether oxygens (including phenoxy) is 1. The molecule has 6 nitrogen and oxygen atoms in total. The van der Waals surface area contributed by atoms with Crippen molar-refractivity contribution in [2.24, 2.45) is 5.92 Å². The van der Waals surface area contributed by atoms with E-state index in [9.17, 15) is 14.9 Å². The highest BCUT2D eigenvalue weighted by Gasteiger charge is 2.25. The van der Waals surface area contributed by atoms with E-state index in [0.29, 0.717) is 16.5 Å². The lowest BCUT2D eigenvalue weighted by Gasteiger charge is -2.17. The van der Waals surface area contributed by atoms with Crippen molar-refractivity contribution >= 4 is 39.8 Å². The van der Waals surface area contributed by atoms with Crippen LogP contribution in [0.5, 0.6) is 0 Å². The number of hydrogen-bond donors (Lipinski definition) is 1. The summed E-state index contributed by atoms with van der Waals surface area (Å²) in [4.78, 5) is 29.0. The molecule has 0 saturated heterocycles. The Morgan fingerprint density at radius 1 is 1.54 bits per heavy atom. The van der Waals surface area contributed by atoms with E-state index in [2.05, 4.69) is 23.3 Å². The predicted molar refractivity (Wildman–Crippen MR) is 98.4 cm³/mol. The Kier molecular flexibility index (Phi) is 5.55. The summed E-state index contributed by atoms with van der Waals surface area (Å²) >= 11 is 7.25. The third-order valence-electron chi connectivity index (χ3n) is 4.19. The van der Waals surface area contributed by atoms with Gasteiger partial charge in [0.2, 0.25) is 0 Å². The minimum absolute atomic E-state index is 0.0183. The van der Waals surface area contributed by atoms with Crippen LogP contribution in [0, 0.1) is 17.2 Å². The molecule has 1 N–H and O–H groups in total. The average molecular weight is 390 g/mol. The highest BCUT2D eigenvalue weighted by molar-refractivity contribution is 7.16. The van der Waals surface area contributed by atoms with E-state index in [1.54, 1.807) is 6.07 Å². The van der Waals surface area contributed by atoms with Gasteiger partial charge in [-0.05, 0) is 42.9 Å². The molecular formula is C18H16ClN3O3S. The first-order valence-electron chi connectivity index (χ1n) is 8.11. The SMILES string of the molecule is C[C@H]1CCc2c(sc(NC(=O)COC(=O)c3cccnc3Cl)c2C#N)C1. The molecule has 1 aliphatic carbocycles. The molecule has 0 saturated carbocycles. The number of amides is 1. The lowest BCUT2D eigenvalue weighted by atomic mass is 9.89. The van der Waals surface area contributed by atoms with Gasteiger partial charge in [0, 0.05) is 11.1 Å². The number of rotatable bonds is 4. The second kappa shape index (κ2) is 7.85. The van der Waals surface area contributed by atoms with Crippen molar-refractivity contribution in [1.82, 2.24) is 4.98 Å². The molecule has 0 fully saturated rings. The number of esters is 1. The van der Waals surface area contributed by atoms with Gasteiger partial charge in [-0.1, -0.05) is 18.5 Å². The lowest BCUT2D eigenvalue weighted by molar-refractivity contribution is -0.119. The Morgan fingerprint density at radius 2 is 2.35 bits per heavy atom. The van der Waals surface area contributed by atoms with E-state index in [1.165, 1.54) is 23.6 Å². The van der Waals surface area contributed by atoms with Crippen molar-refractivity contribution in [3.63, 3.8) is 0 Å². The fraction of sp³-hybridized carbons (Fsp3) is 0.333. The van der Waals surface area contributed by atoms with Gasteiger partial charge in [0.25, 0.3) is 5.91 Å². The normalized spacial score (nSPS) is 15.7. The molecule has 0 radical (unpaired) electrons.